The second-order valence-corrected chi connectivity index (χ2v) is 6.84. The molecule has 3 N–H and O–H groups in total. The molecule has 4 heteroatoms. The summed E-state index contributed by atoms with van der Waals surface area (Å²) in [6.07, 6.45) is 0.910. The molecular formula is C15H24N2OS. The first-order valence-electron chi connectivity index (χ1n) is 6.60. The van der Waals surface area contributed by atoms with E-state index in [-0.39, 0.29) is 16.7 Å². The summed E-state index contributed by atoms with van der Waals surface area (Å²) >= 11 is 1.55. The van der Waals surface area contributed by atoms with Gasteiger partial charge < -0.3 is 11.1 Å². The van der Waals surface area contributed by atoms with E-state index in [0.717, 1.165) is 22.6 Å². The fourth-order valence-corrected chi connectivity index (χ4v) is 2.53. The maximum absolute atomic E-state index is 12.2. The van der Waals surface area contributed by atoms with E-state index in [9.17, 15) is 4.79 Å². The summed E-state index contributed by atoms with van der Waals surface area (Å²) in [6, 6.07) is 5.81. The average molecular weight is 280 g/mol. The molecule has 1 aromatic carbocycles. The van der Waals surface area contributed by atoms with E-state index >= 15 is 0 Å². The van der Waals surface area contributed by atoms with Crippen LogP contribution in [0.15, 0.2) is 23.1 Å². The highest BCUT2D eigenvalue weighted by Crippen LogP contribution is 2.29. The first-order chi connectivity index (χ1) is 8.76. The first kappa shape index (κ1) is 15.9. The van der Waals surface area contributed by atoms with Crippen LogP contribution in [-0.4, -0.2) is 16.7 Å². The number of nitrogens with two attached hydrogens (primary N) is 1. The Labute approximate surface area is 120 Å². The molecule has 1 atom stereocenters. The van der Waals surface area contributed by atoms with Gasteiger partial charge in [-0.1, -0.05) is 13.0 Å². The van der Waals surface area contributed by atoms with Gasteiger partial charge in [0.05, 0.1) is 5.25 Å². The number of rotatable bonds is 5. The van der Waals surface area contributed by atoms with Gasteiger partial charge in [0, 0.05) is 16.1 Å². The third-order valence-electron chi connectivity index (χ3n) is 3.34. The Bertz CT molecular complexity index is 457. The van der Waals surface area contributed by atoms with E-state index in [4.69, 9.17) is 5.73 Å². The number of thioether (sulfide) groups is 1. The molecule has 0 aliphatic heterocycles. The number of nitrogens with one attached hydrogen (secondary N) is 1. The van der Waals surface area contributed by atoms with Gasteiger partial charge in [-0.05, 0) is 51.8 Å². The molecule has 0 bridgehead atoms. The standard InChI is InChI=1S/C15H24N2OS/c1-6-15(4,5)17-14(18)11(3)19-13-9-7-8-12(16)10(13)2/h7-9,11H,6,16H2,1-5H3,(H,17,18). The Balaban J connectivity index is 2.72. The van der Waals surface area contributed by atoms with Crippen molar-refractivity contribution in [2.45, 2.75) is 56.7 Å². The summed E-state index contributed by atoms with van der Waals surface area (Å²) in [4.78, 5) is 13.2. The molecule has 1 rings (SSSR count). The number of nitrogen functional groups attached to an aromatic ring is 1. The molecule has 19 heavy (non-hydrogen) atoms. The third kappa shape index (κ3) is 4.46. The molecule has 1 unspecified atom stereocenters. The van der Waals surface area contributed by atoms with E-state index in [2.05, 4.69) is 12.2 Å². The maximum atomic E-state index is 12.2. The molecule has 0 saturated carbocycles. The second kappa shape index (κ2) is 6.33. The van der Waals surface area contributed by atoms with E-state index in [1.165, 1.54) is 0 Å². The van der Waals surface area contributed by atoms with Crippen molar-refractivity contribution in [3.05, 3.63) is 23.8 Å². The van der Waals surface area contributed by atoms with Gasteiger partial charge in [-0.25, -0.2) is 0 Å². The van der Waals surface area contributed by atoms with Crippen molar-refractivity contribution in [3.63, 3.8) is 0 Å². The largest absolute Gasteiger partial charge is 0.398 e. The number of hydrogen-bond acceptors (Lipinski definition) is 3. The van der Waals surface area contributed by atoms with Gasteiger partial charge in [0.2, 0.25) is 5.91 Å². The molecule has 0 aliphatic carbocycles. The van der Waals surface area contributed by atoms with Gasteiger partial charge in [-0.2, -0.15) is 0 Å². The second-order valence-electron chi connectivity index (χ2n) is 5.46. The summed E-state index contributed by atoms with van der Waals surface area (Å²) in [6.45, 7) is 10.1. The number of carbonyl (C=O) groups is 1. The van der Waals surface area contributed by atoms with Gasteiger partial charge in [0.15, 0.2) is 0 Å². The zero-order chi connectivity index (χ0) is 14.6. The van der Waals surface area contributed by atoms with Crippen molar-refractivity contribution in [1.82, 2.24) is 5.32 Å². The lowest BCUT2D eigenvalue weighted by atomic mass is 10.0. The smallest absolute Gasteiger partial charge is 0.233 e. The molecule has 0 spiro atoms. The maximum Gasteiger partial charge on any atom is 0.233 e. The van der Waals surface area contributed by atoms with Crippen LogP contribution < -0.4 is 11.1 Å². The summed E-state index contributed by atoms with van der Waals surface area (Å²) in [5.74, 6) is 0.0682. The van der Waals surface area contributed by atoms with E-state index in [0.29, 0.717) is 0 Å². The van der Waals surface area contributed by atoms with Crippen LogP contribution in [0.2, 0.25) is 0 Å². The summed E-state index contributed by atoms with van der Waals surface area (Å²) in [5, 5.41) is 2.94. The minimum atomic E-state index is -0.156. The lowest BCUT2D eigenvalue weighted by Gasteiger charge is -2.26. The lowest BCUT2D eigenvalue weighted by molar-refractivity contribution is -0.121. The van der Waals surface area contributed by atoms with E-state index in [1.807, 2.05) is 45.9 Å². The minimum absolute atomic E-state index is 0.0682. The van der Waals surface area contributed by atoms with E-state index < -0.39 is 0 Å². The highest BCUT2D eigenvalue weighted by molar-refractivity contribution is 8.00. The molecule has 0 aliphatic rings. The van der Waals surface area contributed by atoms with Gasteiger partial charge in [-0.3, -0.25) is 4.79 Å². The van der Waals surface area contributed by atoms with Gasteiger partial charge in [0.25, 0.3) is 0 Å². The predicted molar refractivity (Wildman–Crippen MR) is 83.4 cm³/mol. The van der Waals surface area contributed by atoms with Crippen LogP contribution in [0.5, 0.6) is 0 Å². The fourth-order valence-electron chi connectivity index (χ4n) is 1.53. The molecule has 0 aromatic heterocycles. The zero-order valence-corrected chi connectivity index (χ0v) is 13.2. The average Bonchev–Trinajstić information content (AvgIpc) is 2.34. The van der Waals surface area contributed by atoms with Gasteiger partial charge >= 0.3 is 0 Å². The predicted octanol–water partition coefficient (Wildman–Crippen LogP) is 3.36. The molecule has 0 fully saturated rings. The zero-order valence-electron chi connectivity index (χ0n) is 12.4. The van der Waals surface area contributed by atoms with Crippen LogP contribution in [0, 0.1) is 6.92 Å². The van der Waals surface area contributed by atoms with Crippen molar-refractivity contribution in [3.8, 4) is 0 Å². The summed E-state index contributed by atoms with van der Waals surface area (Å²) < 4.78 is 0. The Kier molecular flexibility index (Phi) is 5.29. The topological polar surface area (TPSA) is 55.1 Å². The normalized spacial score (nSPS) is 13.1. The van der Waals surface area contributed by atoms with Crippen molar-refractivity contribution in [2.24, 2.45) is 0 Å². The van der Waals surface area contributed by atoms with Crippen molar-refractivity contribution in [1.29, 1.82) is 0 Å². The quantitative estimate of drug-likeness (QED) is 0.642. The Hall–Kier alpha value is -1.16. The monoisotopic (exact) mass is 280 g/mol. The SMILES string of the molecule is CCC(C)(C)NC(=O)C(C)Sc1cccc(N)c1C. The lowest BCUT2D eigenvalue weighted by Crippen LogP contribution is -2.46. The van der Waals surface area contributed by atoms with Crippen molar-refractivity contribution in [2.75, 3.05) is 5.73 Å². The fraction of sp³-hybridized carbons (Fsp3) is 0.533. The molecule has 0 saturated heterocycles. The van der Waals surface area contributed by atoms with Crippen LogP contribution in [0.4, 0.5) is 5.69 Å². The molecular weight excluding hydrogens is 256 g/mol. The number of carbonyl (C=O) groups excluding carboxylic acids is 1. The summed E-state index contributed by atoms with van der Waals surface area (Å²) in [7, 11) is 0. The molecule has 0 radical (unpaired) electrons. The summed E-state index contributed by atoms with van der Waals surface area (Å²) in [5.41, 5.74) is 7.54. The molecule has 106 valence electrons. The highest BCUT2D eigenvalue weighted by Gasteiger charge is 2.22. The number of anilines is 1. The molecule has 1 aromatic rings. The minimum Gasteiger partial charge on any atom is -0.398 e. The molecule has 0 heterocycles. The van der Waals surface area contributed by atoms with Crippen LogP contribution in [0.25, 0.3) is 0 Å². The van der Waals surface area contributed by atoms with Crippen LogP contribution in [0.3, 0.4) is 0 Å². The first-order valence-corrected chi connectivity index (χ1v) is 7.48. The van der Waals surface area contributed by atoms with E-state index in [1.54, 1.807) is 11.8 Å². The Morgan fingerprint density at radius 3 is 2.68 bits per heavy atom. The molecule has 1 amide bonds. The highest BCUT2D eigenvalue weighted by atomic mass is 32.2. The number of benzene rings is 1. The van der Waals surface area contributed by atoms with Crippen molar-refractivity contribution < 1.29 is 4.79 Å². The Morgan fingerprint density at radius 2 is 2.11 bits per heavy atom. The Morgan fingerprint density at radius 1 is 1.47 bits per heavy atom. The van der Waals surface area contributed by atoms with Crippen LogP contribution in [-0.2, 0) is 4.79 Å². The number of amides is 1. The molecule has 3 nitrogen and oxygen atoms in total. The van der Waals surface area contributed by atoms with Gasteiger partial charge in [-0.15, -0.1) is 11.8 Å². The third-order valence-corrected chi connectivity index (χ3v) is 4.61. The number of hydrogen-bond donors (Lipinski definition) is 2. The van der Waals surface area contributed by atoms with Crippen LogP contribution in [0.1, 0.15) is 39.7 Å². The van der Waals surface area contributed by atoms with Crippen molar-refractivity contribution >= 4 is 23.4 Å². The van der Waals surface area contributed by atoms with Gasteiger partial charge in [0.1, 0.15) is 0 Å². The van der Waals surface area contributed by atoms with Crippen LogP contribution >= 0.6 is 11.8 Å².